The van der Waals surface area contributed by atoms with Crippen molar-refractivity contribution in [1.82, 2.24) is 5.32 Å². The molecule has 5 nitrogen and oxygen atoms in total. The quantitative estimate of drug-likeness (QED) is 0.540. The minimum absolute atomic E-state index is 0.0344. The highest BCUT2D eigenvalue weighted by Crippen LogP contribution is 2.37. The van der Waals surface area contributed by atoms with Crippen molar-refractivity contribution in [3.05, 3.63) is 59.7 Å². The number of nitrogens with one attached hydrogen (secondary N) is 2. The van der Waals surface area contributed by atoms with Crippen LogP contribution < -0.4 is 14.8 Å². The van der Waals surface area contributed by atoms with Gasteiger partial charge in [0.05, 0.1) is 6.10 Å². The Labute approximate surface area is 171 Å². The van der Waals surface area contributed by atoms with E-state index in [0.29, 0.717) is 18.0 Å². The highest BCUT2D eigenvalue weighted by Gasteiger charge is 2.30. The highest BCUT2D eigenvalue weighted by atomic mass is 16.5. The van der Waals surface area contributed by atoms with E-state index in [1.165, 1.54) is 18.4 Å². The minimum atomic E-state index is -0.0344. The minimum Gasteiger partial charge on any atom is -0.487 e. The standard InChI is InChI=1S/C24H28N2O3/c25-16-28-22-11-10-18(14-23(22)29-21-8-4-5-9-21)20-13-19(24(27)26-15-20)12-17-6-2-1-3-7-17/h1-3,6-7,10-11,14,16,19-21,25H,4-5,8-9,12-13,15H2,(H,26,27)/t19-,20-/m1/s1. The Morgan fingerprint density at radius 3 is 2.62 bits per heavy atom. The number of amides is 1. The molecule has 2 fully saturated rings. The fraction of sp³-hybridized carbons (Fsp3) is 0.417. The maximum absolute atomic E-state index is 12.4. The number of carbonyl (C=O) groups is 1. The maximum atomic E-state index is 12.4. The fourth-order valence-corrected chi connectivity index (χ4v) is 4.45. The molecule has 1 heterocycles. The summed E-state index contributed by atoms with van der Waals surface area (Å²) >= 11 is 0. The molecule has 0 aromatic heterocycles. The second-order valence-corrected chi connectivity index (χ2v) is 8.03. The van der Waals surface area contributed by atoms with Crippen molar-refractivity contribution in [3.63, 3.8) is 0 Å². The van der Waals surface area contributed by atoms with Crippen molar-refractivity contribution in [2.24, 2.45) is 5.92 Å². The van der Waals surface area contributed by atoms with Crippen LogP contribution >= 0.6 is 0 Å². The van der Waals surface area contributed by atoms with Gasteiger partial charge >= 0.3 is 0 Å². The third-order valence-corrected chi connectivity index (χ3v) is 6.01. The first-order valence-corrected chi connectivity index (χ1v) is 10.5. The predicted octanol–water partition coefficient (Wildman–Crippen LogP) is 4.46. The van der Waals surface area contributed by atoms with E-state index in [2.05, 4.69) is 17.4 Å². The van der Waals surface area contributed by atoms with Crippen molar-refractivity contribution >= 4 is 12.3 Å². The van der Waals surface area contributed by atoms with Gasteiger partial charge in [-0.25, -0.2) is 0 Å². The van der Waals surface area contributed by atoms with E-state index >= 15 is 0 Å². The molecule has 2 atom stereocenters. The van der Waals surface area contributed by atoms with Gasteiger partial charge < -0.3 is 14.8 Å². The number of ether oxygens (including phenoxy) is 2. The second-order valence-electron chi connectivity index (χ2n) is 8.03. The van der Waals surface area contributed by atoms with E-state index < -0.39 is 0 Å². The Morgan fingerprint density at radius 2 is 1.86 bits per heavy atom. The SMILES string of the molecule is N=COc1ccc([C@H]2CNC(=O)[C@H](Cc3ccccc3)C2)cc1OC1CCCC1. The van der Waals surface area contributed by atoms with Crippen LogP contribution in [0.1, 0.15) is 49.1 Å². The van der Waals surface area contributed by atoms with Crippen LogP contribution in [-0.2, 0) is 11.2 Å². The van der Waals surface area contributed by atoms with Gasteiger partial charge in [0.1, 0.15) is 0 Å². The molecule has 2 aromatic rings. The lowest BCUT2D eigenvalue weighted by Gasteiger charge is -2.30. The molecule has 1 aliphatic heterocycles. The second kappa shape index (κ2) is 9.12. The van der Waals surface area contributed by atoms with Crippen LogP contribution in [0.25, 0.3) is 0 Å². The van der Waals surface area contributed by atoms with Crippen molar-refractivity contribution < 1.29 is 14.3 Å². The molecule has 0 unspecified atom stereocenters. The fourth-order valence-electron chi connectivity index (χ4n) is 4.45. The van der Waals surface area contributed by atoms with Crippen LogP contribution in [0.2, 0.25) is 0 Å². The molecular formula is C24H28N2O3. The molecule has 29 heavy (non-hydrogen) atoms. The Morgan fingerprint density at radius 1 is 1.07 bits per heavy atom. The number of rotatable bonds is 7. The lowest BCUT2D eigenvalue weighted by Crippen LogP contribution is -2.41. The van der Waals surface area contributed by atoms with Gasteiger partial charge in [-0.15, -0.1) is 0 Å². The zero-order valence-electron chi connectivity index (χ0n) is 16.6. The molecule has 2 aromatic carbocycles. The van der Waals surface area contributed by atoms with E-state index in [-0.39, 0.29) is 23.8 Å². The van der Waals surface area contributed by atoms with Crippen LogP contribution in [0.5, 0.6) is 11.5 Å². The largest absolute Gasteiger partial charge is 0.487 e. The molecule has 1 amide bonds. The number of carbonyl (C=O) groups excluding carboxylic acids is 1. The lowest BCUT2D eigenvalue weighted by molar-refractivity contribution is -0.126. The number of hydrogen-bond acceptors (Lipinski definition) is 4. The maximum Gasteiger partial charge on any atom is 0.223 e. The van der Waals surface area contributed by atoms with E-state index in [1.54, 1.807) is 0 Å². The van der Waals surface area contributed by atoms with Crippen LogP contribution in [-0.4, -0.2) is 25.0 Å². The van der Waals surface area contributed by atoms with Crippen LogP contribution in [0, 0.1) is 11.3 Å². The monoisotopic (exact) mass is 392 g/mol. The van der Waals surface area contributed by atoms with Gasteiger partial charge in [0.2, 0.25) is 5.91 Å². The zero-order valence-corrected chi connectivity index (χ0v) is 16.6. The molecule has 1 saturated heterocycles. The molecule has 5 heteroatoms. The molecule has 2 N–H and O–H groups in total. The Hall–Kier alpha value is -2.82. The summed E-state index contributed by atoms with van der Waals surface area (Å²) in [4.78, 5) is 12.4. The molecule has 1 saturated carbocycles. The topological polar surface area (TPSA) is 71.4 Å². The third-order valence-electron chi connectivity index (χ3n) is 6.01. The molecule has 0 bridgehead atoms. The van der Waals surface area contributed by atoms with Gasteiger partial charge in [-0.2, -0.15) is 0 Å². The number of benzene rings is 2. The summed E-state index contributed by atoms with van der Waals surface area (Å²) < 4.78 is 11.6. The first-order chi connectivity index (χ1) is 14.2. The number of hydrogen-bond donors (Lipinski definition) is 2. The summed E-state index contributed by atoms with van der Waals surface area (Å²) in [6, 6.07) is 16.1. The first-order valence-electron chi connectivity index (χ1n) is 10.5. The zero-order chi connectivity index (χ0) is 20.1. The van der Waals surface area contributed by atoms with Crippen molar-refractivity contribution in [3.8, 4) is 11.5 Å². The van der Waals surface area contributed by atoms with E-state index in [0.717, 1.165) is 37.6 Å². The summed E-state index contributed by atoms with van der Waals surface area (Å²) in [5, 5.41) is 10.4. The summed E-state index contributed by atoms with van der Waals surface area (Å²) in [7, 11) is 0. The van der Waals surface area contributed by atoms with E-state index in [9.17, 15) is 4.79 Å². The average molecular weight is 392 g/mol. The molecule has 2 aliphatic rings. The Kier molecular flexibility index (Phi) is 6.13. The van der Waals surface area contributed by atoms with Gasteiger partial charge in [0, 0.05) is 18.4 Å². The van der Waals surface area contributed by atoms with Crippen molar-refractivity contribution in [2.45, 2.75) is 50.5 Å². The molecule has 0 spiro atoms. The Bertz CT molecular complexity index is 846. The Balaban J connectivity index is 1.51. The molecule has 4 rings (SSSR count). The molecular weight excluding hydrogens is 364 g/mol. The van der Waals surface area contributed by atoms with Gasteiger partial charge in [0.25, 0.3) is 0 Å². The van der Waals surface area contributed by atoms with E-state index in [4.69, 9.17) is 14.9 Å². The first kappa shape index (κ1) is 19.5. The predicted molar refractivity (Wildman–Crippen MR) is 113 cm³/mol. The number of piperidine rings is 1. The van der Waals surface area contributed by atoms with Gasteiger partial charge in [0.15, 0.2) is 17.9 Å². The third kappa shape index (κ3) is 4.78. The summed E-state index contributed by atoms with van der Waals surface area (Å²) in [6.07, 6.45) is 7.24. The van der Waals surface area contributed by atoms with Crippen LogP contribution in [0.4, 0.5) is 0 Å². The normalized spacial score (nSPS) is 22.1. The van der Waals surface area contributed by atoms with Gasteiger partial charge in [-0.3, -0.25) is 10.2 Å². The average Bonchev–Trinajstić information content (AvgIpc) is 3.25. The summed E-state index contributed by atoms with van der Waals surface area (Å²) in [5.41, 5.74) is 2.33. The summed E-state index contributed by atoms with van der Waals surface area (Å²) in [5.74, 6) is 1.62. The summed E-state index contributed by atoms with van der Waals surface area (Å²) in [6.45, 7) is 0.637. The molecule has 152 valence electrons. The smallest absolute Gasteiger partial charge is 0.223 e. The van der Waals surface area contributed by atoms with Crippen LogP contribution in [0.15, 0.2) is 48.5 Å². The molecule has 1 aliphatic carbocycles. The van der Waals surface area contributed by atoms with Gasteiger partial charge in [-0.1, -0.05) is 36.4 Å². The lowest BCUT2D eigenvalue weighted by atomic mass is 9.82. The van der Waals surface area contributed by atoms with E-state index in [1.807, 2.05) is 36.4 Å². The molecule has 0 radical (unpaired) electrons. The van der Waals surface area contributed by atoms with Crippen molar-refractivity contribution in [2.75, 3.05) is 6.54 Å². The highest BCUT2D eigenvalue weighted by molar-refractivity contribution is 5.80. The van der Waals surface area contributed by atoms with Crippen molar-refractivity contribution in [1.29, 1.82) is 5.41 Å². The van der Waals surface area contributed by atoms with Gasteiger partial charge in [-0.05, 0) is 61.8 Å². The van der Waals surface area contributed by atoms with Crippen LogP contribution in [0.3, 0.4) is 0 Å².